The average Bonchev–Trinajstić information content (AvgIpc) is 2.54. The van der Waals surface area contributed by atoms with Crippen LogP contribution in [0.3, 0.4) is 0 Å². The first kappa shape index (κ1) is 12.5. The number of rotatable bonds is 4. The van der Waals surface area contributed by atoms with Crippen molar-refractivity contribution in [1.82, 2.24) is 9.55 Å². The summed E-state index contributed by atoms with van der Waals surface area (Å²) in [4.78, 5) is 14.8. The molecule has 0 aliphatic heterocycles. The summed E-state index contributed by atoms with van der Waals surface area (Å²) in [7, 11) is 0. The van der Waals surface area contributed by atoms with Crippen molar-refractivity contribution in [2.24, 2.45) is 10.8 Å². The maximum atomic E-state index is 10.6. The van der Waals surface area contributed by atoms with E-state index in [4.69, 9.17) is 5.11 Å². The van der Waals surface area contributed by atoms with E-state index in [1.54, 1.807) is 6.20 Å². The van der Waals surface area contributed by atoms with Crippen molar-refractivity contribution < 1.29 is 9.90 Å². The van der Waals surface area contributed by atoms with Crippen LogP contribution in [0, 0.1) is 10.8 Å². The van der Waals surface area contributed by atoms with E-state index in [0.29, 0.717) is 6.04 Å². The van der Waals surface area contributed by atoms with E-state index in [0.717, 1.165) is 5.16 Å². The molecular weight excluding hydrogens is 236 g/mol. The Kier molecular flexibility index (Phi) is 2.77. The Morgan fingerprint density at radius 3 is 2.53 bits per heavy atom. The molecule has 1 aliphatic rings. The van der Waals surface area contributed by atoms with Gasteiger partial charge < -0.3 is 9.67 Å². The van der Waals surface area contributed by atoms with Gasteiger partial charge in [0.25, 0.3) is 0 Å². The zero-order valence-corrected chi connectivity index (χ0v) is 11.4. The fraction of sp³-hybridized carbons (Fsp3) is 0.667. The van der Waals surface area contributed by atoms with Crippen molar-refractivity contribution in [3.05, 3.63) is 12.4 Å². The van der Waals surface area contributed by atoms with Crippen LogP contribution in [0.4, 0.5) is 0 Å². The predicted octanol–water partition coefficient (Wildman–Crippen LogP) is 2.67. The third kappa shape index (κ3) is 1.86. The van der Waals surface area contributed by atoms with Crippen LogP contribution in [0.15, 0.2) is 17.6 Å². The van der Waals surface area contributed by atoms with Crippen molar-refractivity contribution >= 4 is 17.7 Å². The maximum absolute atomic E-state index is 10.6. The Bertz CT molecular complexity index is 437. The van der Waals surface area contributed by atoms with Crippen molar-refractivity contribution in [2.45, 2.75) is 38.9 Å². The first-order chi connectivity index (χ1) is 7.78. The summed E-state index contributed by atoms with van der Waals surface area (Å²) in [5, 5.41) is 9.51. The van der Waals surface area contributed by atoms with Gasteiger partial charge in [-0.1, -0.05) is 39.5 Å². The van der Waals surface area contributed by atoms with Crippen LogP contribution >= 0.6 is 11.8 Å². The third-order valence-corrected chi connectivity index (χ3v) is 5.15. The largest absolute Gasteiger partial charge is 0.481 e. The minimum atomic E-state index is -0.807. The molecule has 1 aliphatic carbocycles. The Morgan fingerprint density at radius 2 is 2.06 bits per heavy atom. The molecule has 2 rings (SSSR count). The lowest BCUT2D eigenvalue weighted by molar-refractivity contribution is -0.133. The van der Waals surface area contributed by atoms with Gasteiger partial charge in [0.1, 0.15) is 0 Å². The highest BCUT2D eigenvalue weighted by molar-refractivity contribution is 7.99. The SMILES string of the molecule is CC1(C)C(n2ccnc2SCC(=O)O)C1(C)C. The lowest BCUT2D eigenvalue weighted by atomic mass is 10.0. The molecule has 0 saturated heterocycles. The molecule has 1 aromatic rings. The average molecular weight is 254 g/mol. The third-order valence-electron chi connectivity index (χ3n) is 4.18. The van der Waals surface area contributed by atoms with Gasteiger partial charge in [0, 0.05) is 18.4 Å². The number of hydrogen-bond acceptors (Lipinski definition) is 3. The molecule has 1 fully saturated rings. The Morgan fingerprint density at radius 1 is 1.47 bits per heavy atom. The molecule has 0 amide bonds. The van der Waals surface area contributed by atoms with Crippen molar-refractivity contribution in [3.63, 3.8) is 0 Å². The molecule has 0 unspecified atom stereocenters. The quantitative estimate of drug-likeness (QED) is 0.839. The predicted molar refractivity (Wildman–Crippen MR) is 67.2 cm³/mol. The monoisotopic (exact) mass is 254 g/mol. The van der Waals surface area contributed by atoms with Crippen molar-refractivity contribution in [3.8, 4) is 0 Å². The second-order valence-corrected chi connectivity index (χ2v) is 6.59. The molecule has 0 atom stereocenters. The molecule has 0 radical (unpaired) electrons. The lowest BCUT2D eigenvalue weighted by Gasteiger charge is -2.08. The fourth-order valence-corrected chi connectivity index (χ4v) is 3.29. The van der Waals surface area contributed by atoms with E-state index in [2.05, 4.69) is 37.2 Å². The fourth-order valence-electron chi connectivity index (χ4n) is 2.59. The van der Waals surface area contributed by atoms with Crippen molar-refractivity contribution in [1.29, 1.82) is 0 Å². The lowest BCUT2D eigenvalue weighted by Crippen LogP contribution is -2.04. The number of imidazole rings is 1. The molecule has 1 aromatic heterocycles. The molecule has 0 spiro atoms. The second-order valence-electron chi connectivity index (χ2n) is 5.65. The summed E-state index contributed by atoms with van der Waals surface area (Å²) in [5.41, 5.74) is 0.457. The van der Waals surface area contributed by atoms with Gasteiger partial charge in [-0.15, -0.1) is 0 Å². The number of aliphatic carboxylic acids is 1. The Hall–Kier alpha value is -0.970. The smallest absolute Gasteiger partial charge is 0.313 e. The highest BCUT2D eigenvalue weighted by Gasteiger charge is 2.66. The van der Waals surface area contributed by atoms with Gasteiger partial charge in [0.15, 0.2) is 5.16 Å². The summed E-state index contributed by atoms with van der Waals surface area (Å²) in [5.74, 6) is -0.746. The molecule has 4 nitrogen and oxygen atoms in total. The van der Waals surface area contributed by atoms with Crippen LogP contribution < -0.4 is 0 Å². The first-order valence-corrected chi connectivity index (χ1v) is 6.64. The van der Waals surface area contributed by atoms with E-state index in [1.165, 1.54) is 11.8 Å². The summed E-state index contributed by atoms with van der Waals surface area (Å²) >= 11 is 1.28. The molecular formula is C12H18N2O2S. The van der Waals surface area contributed by atoms with Crippen molar-refractivity contribution in [2.75, 3.05) is 5.75 Å². The van der Waals surface area contributed by atoms with Crippen LogP contribution in [0.25, 0.3) is 0 Å². The van der Waals surface area contributed by atoms with Gasteiger partial charge in [0.2, 0.25) is 0 Å². The molecule has 5 heteroatoms. The van der Waals surface area contributed by atoms with Gasteiger partial charge in [-0.2, -0.15) is 0 Å². The summed E-state index contributed by atoms with van der Waals surface area (Å²) in [6.07, 6.45) is 3.69. The van der Waals surface area contributed by atoms with Gasteiger partial charge in [-0.3, -0.25) is 4.79 Å². The molecule has 94 valence electrons. The van der Waals surface area contributed by atoms with Gasteiger partial charge >= 0.3 is 5.97 Å². The normalized spacial score (nSPS) is 21.4. The van der Waals surface area contributed by atoms with E-state index in [9.17, 15) is 4.79 Å². The summed E-state index contributed by atoms with van der Waals surface area (Å²) in [6, 6.07) is 0.397. The van der Waals surface area contributed by atoms with E-state index in [-0.39, 0.29) is 16.6 Å². The Labute approximate surface area is 105 Å². The zero-order valence-electron chi connectivity index (χ0n) is 10.6. The minimum Gasteiger partial charge on any atom is -0.481 e. The van der Waals surface area contributed by atoms with Gasteiger partial charge in [0.05, 0.1) is 5.75 Å². The molecule has 0 aromatic carbocycles. The molecule has 1 N–H and O–H groups in total. The van der Waals surface area contributed by atoms with Crippen LogP contribution in [-0.2, 0) is 4.79 Å². The number of nitrogens with zero attached hydrogens (tertiary/aromatic N) is 2. The standard InChI is InChI=1S/C12H18N2O2S/c1-11(2)9(12(11,3)4)14-6-5-13-10(14)17-7-8(15)16/h5-6,9H,7H2,1-4H3,(H,15,16). The van der Waals surface area contributed by atoms with Gasteiger partial charge in [-0.25, -0.2) is 4.98 Å². The number of hydrogen-bond donors (Lipinski definition) is 1. The first-order valence-electron chi connectivity index (χ1n) is 5.66. The number of aromatic nitrogens is 2. The highest BCUT2D eigenvalue weighted by atomic mass is 32.2. The maximum Gasteiger partial charge on any atom is 0.313 e. The number of carboxylic acid groups (broad SMARTS) is 1. The number of carbonyl (C=O) groups is 1. The topological polar surface area (TPSA) is 55.1 Å². The molecule has 0 bridgehead atoms. The zero-order chi connectivity index (χ0) is 12.8. The number of carboxylic acids is 1. The highest BCUT2D eigenvalue weighted by Crippen LogP contribution is 2.71. The number of thioether (sulfide) groups is 1. The van der Waals surface area contributed by atoms with Crippen LogP contribution in [0.2, 0.25) is 0 Å². The molecule has 17 heavy (non-hydrogen) atoms. The Balaban J connectivity index is 2.19. The van der Waals surface area contributed by atoms with Crippen LogP contribution in [-0.4, -0.2) is 26.4 Å². The van der Waals surface area contributed by atoms with E-state index < -0.39 is 5.97 Å². The van der Waals surface area contributed by atoms with Crippen LogP contribution in [0.5, 0.6) is 0 Å². The van der Waals surface area contributed by atoms with E-state index >= 15 is 0 Å². The minimum absolute atomic E-state index is 0.0601. The van der Waals surface area contributed by atoms with E-state index in [1.807, 2.05) is 6.20 Å². The molecule has 1 saturated carbocycles. The van der Waals surface area contributed by atoms with Crippen LogP contribution in [0.1, 0.15) is 33.7 Å². The molecule has 1 heterocycles. The second kappa shape index (κ2) is 3.77. The van der Waals surface area contributed by atoms with Gasteiger partial charge in [-0.05, 0) is 10.8 Å². The summed E-state index contributed by atoms with van der Waals surface area (Å²) < 4.78 is 2.12. The summed E-state index contributed by atoms with van der Waals surface area (Å²) in [6.45, 7) is 8.96.